The third-order valence-electron chi connectivity index (χ3n) is 6.35. The van der Waals surface area contributed by atoms with Crippen LogP contribution in [-0.4, -0.2) is 47.3 Å². The van der Waals surface area contributed by atoms with Crippen molar-refractivity contribution in [2.75, 3.05) is 36.4 Å². The van der Waals surface area contributed by atoms with Crippen LogP contribution in [0.15, 0.2) is 72.8 Å². The molecule has 190 valence electrons. The zero-order chi connectivity index (χ0) is 26.0. The summed E-state index contributed by atoms with van der Waals surface area (Å²) in [6.45, 7) is 1.79. The number of carbonyl (C=O) groups excluding carboxylic acids is 1. The van der Waals surface area contributed by atoms with Gasteiger partial charge in [0, 0.05) is 49.1 Å². The molecule has 1 aromatic heterocycles. The smallest absolute Gasteiger partial charge is 0.351 e. The van der Waals surface area contributed by atoms with Crippen LogP contribution in [0.5, 0.6) is 0 Å². The van der Waals surface area contributed by atoms with Gasteiger partial charge in [0.25, 0.3) is 0 Å². The van der Waals surface area contributed by atoms with E-state index < -0.39 is 22.8 Å². The monoisotopic (exact) mass is 525 g/mol. The van der Waals surface area contributed by atoms with Gasteiger partial charge in [0.05, 0.1) is 16.3 Å². The summed E-state index contributed by atoms with van der Waals surface area (Å²) in [6, 6.07) is 20.9. The number of nitrogens with one attached hydrogen (secondary N) is 1. The van der Waals surface area contributed by atoms with E-state index in [9.17, 15) is 18.0 Å². The number of halogens is 4. The van der Waals surface area contributed by atoms with Crippen LogP contribution in [0.2, 0.25) is 5.02 Å². The standard InChI is InChI=1S/C27H23ClF3N5O/c28-23-11-10-19(17-22(23)27(29,30)31)32-26(37)36-14-12-35(13-15-36)25-21-9-5-4-8-20(21)24(33-34-25)16-18-6-2-1-3-7-18/h1-11,17H,12-16H2,(H,32,37). The van der Waals surface area contributed by atoms with Crippen molar-refractivity contribution in [2.24, 2.45) is 0 Å². The number of amides is 2. The highest BCUT2D eigenvalue weighted by Crippen LogP contribution is 2.36. The largest absolute Gasteiger partial charge is 0.417 e. The molecule has 0 aliphatic carbocycles. The molecule has 37 heavy (non-hydrogen) atoms. The predicted octanol–water partition coefficient (Wildman–Crippen LogP) is 6.25. The predicted molar refractivity (Wildman–Crippen MR) is 138 cm³/mol. The molecule has 2 amide bonds. The molecule has 1 N–H and O–H groups in total. The van der Waals surface area contributed by atoms with E-state index in [0.717, 1.165) is 40.0 Å². The van der Waals surface area contributed by atoms with Crippen LogP contribution in [0.3, 0.4) is 0 Å². The summed E-state index contributed by atoms with van der Waals surface area (Å²) in [7, 11) is 0. The van der Waals surface area contributed by atoms with Crippen molar-refractivity contribution < 1.29 is 18.0 Å². The highest BCUT2D eigenvalue weighted by atomic mass is 35.5. The maximum atomic E-state index is 13.1. The molecule has 0 atom stereocenters. The Hall–Kier alpha value is -3.85. The third kappa shape index (κ3) is 5.46. The number of alkyl halides is 3. The minimum atomic E-state index is -4.61. The molecular formula is C27H23ClF3N5O. The molecule has 1 aliphatic rings. The highest BCUT2D eigenvalue weighted by molar-refractivity contribution is 6.31. The Kier molecular flexibility index (Phi) is 6.88. The molecular weight excluding hydrogens is 503 g/mol. The number of piperazine rings is 1. The average Bonchev–Trinajstić information content (AvgIpc) is 2.90. The SMILES string of the molecule is O=C(Nc1ccc(Cl)c(C(F)(F)F)c1)N1CCN(c2nnc(Cc3ccccc3)c3ccccc23)CC1. The van der Waals surface area contributed by atoms with E-state index in [0.29, 0.717) is 32.6 Å². The fourth-order valence-corrected chi connectivity index (χ4v) is 4.67. The molecule has 5 rings (SSSR count). The molecule has 0 unspecified atom stereocenters. The van der Waals surface area contributed by atoms with Gasteiger partial charge in [-0.1, -0.05) is 66.2 Å². The van der Waals surface area contributed by atoms with Crippen molar-refractivity contribution in [3.05, 3.63) is 94.6 Å². The van der Waals surface area contributed by atoms with Crippen molar-refractivity contribution in [2.45, 2.75) is 12.6 Å². The van der Waals surface area contributed by atoms with Crippen molar-refractivity contribution in [1.82, 2.24) is 15.1 Å². The molecule has 0 spiro atoms. The summed E-state index contributed by atoms with van der Waals surface area (Å²) < 4.78 is 39.4. The molecule has 1 saturated heterocycles. The minimum Gasteiger partial charge on any atom is -0.351 e. The van der Waals surface area contributed by atoms with Crippen LogP contribution in [0.25, 0.3) is 10.8 Å². The Morgan fingerprint density at radius 2 is 1.57 bits per heavy atom. The quantitative estimate of drug-likeness (QED) is 0.342. The van der Waals surface area contributed by atoms with Crippen molar-refractivity contribution in [1.29, 1.82) is 0 Å². The van der Waals surface area contributed by atoms with Gasteiger partial charge in [-0.2, -0.15) is 18.3 Å². The van der Waals surface area contributed by atoms with Gasteiger partial charge < -0.3 is 15.1 Å². The summed E-state index contributed by atoms with van der Waals surface area (Å²) >= 11 is 5.67. The summed E-state index contributed by atoms with van der Waals surface area (Å²) in [6.07, 6.45) is -3.94. The first kappa shape index (κ1) is 24.8. The summed E-state index contributed by atoms with van der Waals surface area (Å²) in [5.41, 5.74) is 1.09. The number of hydrogen-bond acceptors (Lipinski definition) is 4. The van der Waals surface area contributed by atoms with Gasteiger partial charge >= 0.3 is 12.2 Å². The Bertz CT molecular complexity index is 1420. The van der Waals surface area contributed by atoms with E-state index in [2.05, 4.69) is 32.5 Å². The van der Waals surface area contributed by atoms with Gasteiger partial charge in [-0.25, -0.2) is 4.79 Å². The van der Waals surface area contributed by atoms with E-state index in [4.69, 9.17) is 11.6 Å². The maximum Gasteiger partial charge on any atom is 0.417 e. The number of hydrogen-bond donors (Lipinski definition) is 1. The van der Waals surface area contributed by atoms with Gasteiger partial charge in [-0.05, 0) is 23.8 Å². The summed E-state index contributed by atoms with van der Waals surface area (Å²) in [4.78, 5) is 16.4. The number of benzene rings is 3. The molecule has 0 bridgehead atoms. The summed E-state index contributed by atoms with van der Waals surface area (Å²) in [5.74, 6) is 0.750. The zero-order valence-electron chi connectivity index (χ0n) is 19.7. The first-order valence-corrected chi connectivity index (χ1v) is 12.1. The van der Waals surface area contributed by atoms with Crippen LogP contribution < -0.4 is 10.2 Å². The Morgan fingerprint density at radius 3 is 2.27 bits per heavy atom. The second kappa shape index (κ2) is 10.3. The maximum absolute atomic E-state index is 13.1. The summed E-state index contributed by atoms with van der Waals surface area (Å²) in [5, 5.41) is 13.2. The van der Waals surface area contributed by atoms with Gasteiger partial charge in [-0.3, -0.25) is 0 Å². The number of rotatable bonds is 4. The lowest BCUT2D eigenvalue weighted by Gasteiger charge is -2.35. The number of fused-ring (bicyclic) bond motifs is 1. The molecule has 0 radical (unpaired) electrons. The van der Waals surface area contributed by atoms with Crippen LogP contribution in [-0.2, 0) is 12.6 Å². The van der Waals surface area contributed by atoms with Crippen molar-refractivity contribution in [3.8, 4) is 0 Å². The van der Waals surface area contributed by atoms with E-state index in [1.807, 2.05) is 42.5 Å². The molecule has 10 heteroatoms. The van der Waals surface area contributed by atoms with Gasteiger partial charge in [-0.15, -0.1) is 5.10 Å². The van der Waals surface area contributed by atoms with E-state index >= 15 is 0 Å². The van der Waals surface area contributed by atoms with Crippen LogP contribution in [0.1, 0.15) is 16.8 Å². The van der Waals surface area contributed by atoms with Crippen LogP contribution in [0, 0.1) is 0 Å². The Balaban J connectivity index is 1.28. The third-order valence-corrected chi connectivity index (χ3v) is 6.68. The zero-order valence-corrected chi connectivity index (χ0v) is 20.4. The van der Waals surface area contributed by atoms with E-state index in [1.165, 1.54) is 6.07 Å². The molecule has 1 fully saturated rings. The normalized spacial score (nSPS) is 14.2. The van der Waals surface area contributed by atoms with Crippen molar-refractivity contribution >= 4 is 39.9 Å². The van der Waals surface area contributed by atoms with Gasteiger partial charge in [0.2, 0.25) is 0 Å². The van der Waals surface area contributed by atoms with Crippen LogP contribution in [0.4, 0.5) is 29.5 Å². The highest BCUT2D eigenvalue weighted by Gasteiger charge is 2.33. The number of aromatic nitrogens is 2. The fourth-order valence-electron chi connectivity index (χ4n) is 4.44. The molecule has 4 aromatic rings. The number of nitrogens with zero attached hydrogens (tertiary/aromatic N) is 4. The molecule has 6 nitrogen and oxygen atoms in total. The van der Waals surface area contributed by atoms with Gasteiger partial charge in [0.1, 0.15) is 0 Å². The van der Waals surface area contributed by atoms with Crippen LogP contribution >= 0.6 is 11.6 Å². The van der Waals surface area contributed by atoms with Crippen molar-refractivity contribution in [3.63, 3.8) is 0 Å². The van der Waals surface area contributed by atoms with E-state index in [-0.39, 0.29) is 5.69 Å². The average molecular weight is 526 g/mol. The minimum absolute atomic E-state index is 0.0371. The molecule has 1 aliphatic heterocycles. The number of anilines is 2. The molecule has 0 saturated carbocycles. The number of urea groups is 1. The molecule has 2 heterocycles. The Labute approximate surface area is 216 Å². The lowest BCUT2D eigenvalue weighted by atomic mass is 10.0. The van der Waals surface area contributed by atoms with Gasteiger partial charge in [0.15, 0.2) is 5.82 Å². The lowest BCUT2D eigenvalue weighted by Crippen LogP contribution is -2.50. The topological polar surface area (TPSA) is 61.4 Å². The van der Waals surface area contributed by atoms with E-state index in [1.54, 1.807) is 4.90 Å². The molecule has 3 aromatic carbocycles. The fraction of sp³-hybridized carbons (Fsp3) is 0.222. The first-order valence-electron chi connectivity index (χ1n) is 11.8. The first-order chi connectivity index (χ1) is 17.8. The number of carbonyl (C=O) groups is 1. The second-order valence-corrected chi connectivity index (χ2v) is 9.18. The second-order valence-electron chi connectivity index (χ2n) is 8.77. The Morgan fingerprint density at radius 1 is 0.892 bits per heavy atom. The lowest BCUT2D eigenvalue weighted by molar-refractivity contribution is -0.137.